The predicted molar refractivity (Wildman–Crippen MR) is 60.5 cm³/mol. The molecule has 1 saturated carbocycles. The molecule has 1 aliphatic carbocycles. The third-order valence-electron chi connectivity index (χ3n) is 2.95. The minimum absolute atomic E-state index is 0.101. The highest BCUT2D eigenvalue weighted by Gasteiger charge is 2.34. The number of carbonyl (C=O) groups excluding carboxylic acids is 1. The van der Waals surface area contributed by atoms with Crippen LogP contribution in [-0.4, -0.2) is 23.4 Å². The van der Waals surface area contributed by atoms with Crippen molar-refractivity contribution >= 4 is 5.91 Å². The zero-order chi connectivity index (χ0) is 11.5. The summed E-state index contributed by atoms with van der Waals surface area (Å²) in [5, 5.41) is 0. The maximum atomic E-state index is 12.1. The van der Waals surface area contributed by atoms with Crippen molar-refractivity contribution in [2.45, 2.75) is 32.4 Å². The Morgan fingerprint density at radius 1 is 1.69 bits per heavy atom. The number of amides is 1. The minimum atomic E-state index is -0.101. The van der Waals surface area contributed by atoms with Gasteiger partial charge in [-0.2, -0.15) is 0 Å². The summed E-state index contributed by atoms with van der Waals surface area (Å²) in [5.74, 6) is 0.876. The summed E-state index contributed by atoms with van der Waals surface area (Å²) in [5.41, 5.74) is 5.53. The standard InChI is InChI=1S/C12H18N2O2/c1-9(7-13)12(15)14(10-4-5-10)8-11-3-2-6-16-11/h2-3,6,9-10H,4-5,7-8,13H2,1H3. The monoisotopic (exact) mass is 222 g/mol. The quantitative estimate of drug-likeness (QED) is 0.818. The van der Waals surface area contributed by atoms with E-state index in [0.29, 0.717) is 19.1 Å². The molecule has 2 N–H and O–H groups in total. The number of rotatable bonds is 5. The van der Waals surface area contributed by atoms with Crippen molar-refractivity contribution in [3.05, 3.63) is 24.2 Å². The fraction of sp³-hybridized carbons (Fsp3) is 0.583. The van der Waals surface area contributed by atoms with Gasteiger partial charge < -0.3 is 15.1 Å². The normalized spacial score (nSPS) is 17.1. The predicted octanol–water partition coefficient (Wildman–Crippen LogP) is 1.37. The largest absolute Gasteiger partial charge is 0.467 e. The Balaban J connectivity index is 2.02. The first-order valence-electron chi connectivity index (χ1n) is 5.75. The SMILES string of the molecule is CC(CN)C(=O)N(Cc1ccco1)C1CC1. The first-order valence-corrected chi connectivity index (χ1v) is 5.75. The van der Waals surface area contributed by atoms with Gasteiger partial charge in [-0.15, -0.1) is 0 Å². The molecular formula is C12H18N2O2. The summed E-state index contributed by atoms with van der Waals surface area (Å²) in [7, 11) is 0. The summed E-state index contributed by atoms with van der Waals surface area (Å²) >= 11 is 0. The van der Waals surface area contributed by atoms with E-state index in [4.69, 9.17) is 10.2 Å². The number of hydrogen-bond donors (Lipinski definition) is 1. The summed E-state index contributed by atoms with van der Waals surface area (Å²) in [6, 6.07) is 4.14. The average Bonchev–Trinajstić information content (AvgIpc) is 3.01. The Morgan fingerprint density at radius 2 is 2.44 bits per heavy atom. The van der Waals surface area contributed by atoms with E-state index in [-0.39, 0.29) is 11.8 Å². The smallest absolute Gasteiger partial charge is 0.227 e. The Morgan fingerprint density at radius 3 is 2.94 bits per heavy atom. The minimum Gasteiger partial charge on any atom is -0.467 e. The van der Waals surface area contributed by atoms with E-state index < -0.39 is 0 Å². The van der Waals surface area contributed by atoms with E-state index in [0.717, 1.165) is 18.6 Å². The van der Waals surface area contributed by atoms with Crippen LogP contribution in [0.2, 0.25) is 0 Å². The van der Waals surface area contributed by atoms with E-state index in [1.807, 2.05) is 24.0 Å². The maximum Gasteiger partial charge on any atom is 0.227 e. The molecule has 16 heavy (non-hydrogen) atoms. The fourth-order valence-electron chi connectivity index (χ4n) is 1.73. The summed E-state index contributed by atoms with van der Waals surface area (Å²) in [4.78, 5) is 14.0. The zero-order valence-electron chi connectivity index (χ0n) is 9.56. The van der Waals surface area contributed by atoms with Gasteiger partial charge in [-0.25, -0.2) is 0 Å². The molecule has 1 fully saturated rings. The summed E-state index contributed by atoms with van der Waals surface area (Å²) in [6.07, 6.45) is 3.84. The maximum absolute atomic E-state index is 12.1. The van der Waals surface area contributed by atoms with E-state index in [1.54, 1.807) is 6.26 Å². The lowest BCUT2D eigenvalue weighted by Gasteiger charge is -2.24. The Kier molecular flexibility index (Phi) is 3.29. The van der Waals surface area contributed by atoms with Crippen LogP contribution in [0.3, 0.4) is 0 Å². The number of carbonyl (C=O) groups is 1. The van der Waals surface area contributed by atoms with Crippen molar-refractivity contribution in [1.29, 1.82) is 0 Å². The number of nitrogens with two attached hydrogens (primary N) is 1. The van der Waals surface area contributed by atoms with Gasteiger partial charge in [0.15, 0.2) is 0 Å². The van der Waals surface area contributed by atoms with E-state index in [1.165, 1.54) is 0 Å². The Hall–Kier alpha value is -1.29. The van der Waals surface area contributed by atoms with Crippen LogP contribution in [0.25, 0.3) is 0 Å². The second-order valence-corrected chi connectivity index (χ2v) is 4.41. The summed E-state index contributed by atoms with van der Waals surface area (Å²) < 4.78 is 5.28. The molecule has 0 bridgehead atoms. The van der Waals surface area contributed by atoms with Crippen molar-refractivity contribution < 1.29 is 9.21 Å². The van der Waals surface area contributed by atoms with Gasteiger partial charge in [0.05, 0.1) is 12.8 Å². The first-order chi connectivity index (χ1) is 7.72. The zero-order valence-corrected chi connectivity index (χ0v) is 9.56. The second-order valence-electron chi connectivity index (χ2n) is 4.41. The van der Waals surface area contributed by atoms with Crippen LogP contribution in [0.1, 0.15) is 25.5 Å². The second kappa shape index (κ2) is 4.70. The van der Waals surface area contributed by atoms with Gasteiger partial charge in [0.2, 0.25) is 5.91 Å². The van der Waals surface area contributed by atoms with Gasteiger partial charge in [-0.3, -0.25) is 4.79 Å². The highest BCUT2D eigenvalue weighted by molar-refractivity contribution is 5.79. The van der Waals surface area contributed by atoms with Crippen molar-refractivity contribution in [3.63, 3.8) is 0 Å². The van der Waals surface area contributed by atoms with Crippen molar-refractivity contribution in [2.75, 3.05) is 6.54 Å². The molecular weight excluding hydrogens is 204 g/mol. The third kappa shape index (κ3) is 2.44. The van der Waals surface area contributed by atoms with Gasteiger partial charge in [-0.1, -0.05) is 6.92 Å². The molecule has 1 aromatic heterocycles. The molecule has 0 aromatic carbocycles. The average molecular weight is 222 g/mol. The lowest BCUT2D eigenvalue weighted by Crippen LogP contribution is -2.38. The van der Waals surface area contributed by atoms with Crippen LogP contribution in [0, 0.1) is 5.92 Å². The Bertz CT molecular complexity index is 344. The number of nitrogens with zero attached hydrogens (tertiary/aromatic N) is 1. The third-order valence-corrected chi connectivity index (χ3v) is 2.95. The Labute approximate surface area is 95.4 Å². The van der Waals surface area contributed by atoms with Crippen LogP contribution in [0.15, 0.2) is 22.8 Å². The number of furan rings is 1. The molecule has 0 spiro atoms. The molecule has 0 radical (unpaired) electrons. The van der Waals surface area contributed by atoms with Gasteiger partial charge in [0.1, 0.15) is 5.76 Å². The highest BCUT2D eigenvalue weighted by atomic mass is 16.3. The van der Waals surface area contributed by atoms with Crippen LogP contribution in [-0.2, 0) is 11.3 Å². The van der Waals surface area contributed by atoms with Crippen LogP contribution in [0.5, 0.6) is 0 Å². The van der Waals surface area contributed by atoms with E-state index in [2.05, 4.69) is 0 Å². The van der Waals surface area contributed by atoms with Gasteiger partial charge in [-0.05, 0) is 25.0 Å². The van der Waals surface area contributed by atoms with E-state index >= 15 is 0 Å². The van der Waals surface area contributed by atoms with Crippen molar-refractivity contribution in [1.82, 2.24) is 4.90 Å². The first kappa shape index (κ1) is 11.2. The van der Waals surface area contributed by atoms with Crippen LogP contribution < -0.4 is 5.73 Å². The molecule has 4 nitrogen and oxygen atoms in total. The summed E-state index contributed by atoms with van der Waals surface area (Å²) in [6.45, 7) is 2.85. The lowest BCUT2D eigenvalue weighted by molar-refractivity contribution is -0.136. The van der Waals surface area contributed by atoms with E-state index in [9.17, 15) is 4.79 Å². The fourth-order valence-corrected chi connectivity index (χ4v) is 1.73. The molecule has 2 rings (SSSR count). The molecule has 1 atom stereocenters. The molecule has 4 heteroatoms. The molecule has 1 aliphatic rings. The molecule has 1 amide bonds. The van der Waals surface area contributed by atoms with Crippen LogP contribution in [0.4, 0.5) is 0 Å². The molecule has 1 unspecified atom stereocenters. The molecule has 0 saturated heterocycles. The number of hydrogen-bond acceptors (Lipinski definition) is 3. The molecule has 1 heterocycles. The lowest BCUT2D eigenvalue weighted by atomic mass is 10.1. The topological polar surface area (TPSA) is 59.5 Å². The van der Waals surface area contributed by atoms with Crippen LogP contribution >= 0.6 is 0 Å². The molecule has 88 valence electrons. The van der Waals surface area contributed by atoms with Gasteiger partial charge in [0, 0.05) is 18.5 Å². The van der Waals surface area contributed by atoms with Gasteiger partial charge in [0.25, 0.3) is 0 Å². The van der Waals surface area contributed by atoms with Gasteiger partial charge >= 0.3 is 0 Å². The van der Waals surface area contributed by atoms with Crippen molar-refractivity contribution in [3.8, 4) is 0 Å². The molecule has 1 aromatic rings. The highest BCUT2D eigenvalue weighted by Crippen LogP contribution is 2.29. The van der Waals surface area contributed by atoms with Crippen molar-refractivity contribution in [2.24, 2.45) is 11.7 Å². The molecule has 0 aliphatic heterocycles.